The number of nitrogens with one attached hydrogen (secondary N) is 2. The van der Waals surface area contributed by atoms with Crippen LogP contribution in [0.3, 0.4) is 0 Å². The standard InChI is InChI=1S/C16H28ClN5O2S.HI/c1-4-18-16(19-10-6-12-22(5-2)25(3,23)24)20-11-9-14-7-8-15(17)21-13-14;/h7-8,13H,4-6,9-12H2,1-3H3,(H2,18,19,20);1H. The zero-order chi connectivity index (χ0) is 18.7. The van der Waals surface area contributed by atoms with Crippen molar-refractivity contribution in [1.29, 1.82) is 0 Å². The van der Waals surface area contributed by atoms with E-state index in [0.717, 1.165) is 31.0 Å². The smallest absolute Gasteiger partial charge is 0.211 e. The van der Waals surface area contributed by atoms with Crippen molar-refractivity contribution in [2.24, 2.45) is 4.99 Å². The Bertz CT molecular complexity index is 641. The molecule has 26 heavy (non-hydrogen) atoms. The van der Waals surface area contributed by atoms with Crippen molar-refractivity contribution in [1.82, 2.24) is 19.9 Å². The Kier molecular flexibility index (Phi) is 13.2. The predicted molar refractivity (Wildman–Crippen MR) is 119 cm³/mol. The lowest BCUT2D eigenvalue weighted by Gasteiger charge is -2.17. The van der Waals surface area contributed by atoms with Gasteiger partial charge < -0.3 is 10.6 Å². The van der Waals surface area contributed by atoms with Gasteiger partial charge in [-0.15, -0.1) is 24.0 Å². The van der Waals surface area contributed by atoms with Gasteiger partial charge in [-0.25, -0.2) is 17.7 Å². The van der Waals surface area contributed by atoms with Crippen LogP contribution in [0.1, 0.15) is 25.8 Å². The molecule has 0 spiro atoms. The van der Waals surface area contributed by atoms with E-state index < -0.39 is 10.0 Å². The lowest BCUT2D eigenvalue weighted by Crippen LogP contribution is -2.38. The topological polar surface area (TPSA) is 86.7 Å². The monoisotopic (exact) mass is 517 g/mol. The van der Waals surface area contributed by atoms with Gasteiger partial charge in [0.2, 0.25) is 10.0 Å². The number of halogens is 2. The van der Waals surface area contributed by atoms with Crippen LogP contribution in [0.15, 0.2) is 23.3 Å². The van der Waals surface area contributed by atoms with E-state index in [1.807, 2.05) is 19.9 Å². The van der Waals surface area contributed by atoms with Crippen LogP contribution in [0.4, 0.5) is 0 Å². The molecule has 150 valence electrons. The number of aromatic nitrogens is 1. The molecule has 0 saturated carbocycles. The van der Waals surface area contributed by atoms with E-state index in [1.165, 1.54) is 10.6 Å². The quantitative estimate of drug-likeness (QED) is 0.163. The molecule has 0 bridgehead atoms. The van der Waals surface area contributed by atoms with Gasteiger partial charge in [-0.05, 0) is 31.4 Å². The average Bonchev–Trinajstić information content (AvgIpc) is 2.55. The maximum absolute atomic E-state index is 11.5. The van der Waals surface area contributed by atoms with Crippen LogP contribution in [-0.4, -0.2) is 62.6 Å². The van der Waals surface area contributed by atoms with E-state index in [1.54, 1.807) is 12.3 Å². The molecule has 7 nitrogen and oxygen atoms in total. The molecule has 1 aromatic rings. The van der Waals surface area contributed by atoms with E-state index in [2.05, 4.69) is 20.6 Å². The fourth-order valence-electron chi connectivity index (χ4n) is 2.22. The normalized spacial score (nSPS) is 12.0. The molecule has 10 heteroatoms. The first-order chi connectivity index (χ1) is 11.9. The first kappa shape index (κ1) is 25.4. The van der Waals surface area contributed by atoms with Crippen LogP contribution in [0.25, 0.3) is 0 Å². The number of hydrogen-bond acceptors (Lipinski definition) is 4. The number of pyridine rings is 1. The maximum Gasteiger partial charge on any atom is 0.211 e. The Hall–Kier alpha value is -0.650. The summed E-state index contributed by atoms with van der Waals surface area (Å²) in [5.41, 5.74) is 1.10. The molecular formula is C16H29ClIN5O2S. The predicted octanol–water partition coefficient (Wildman–Crippen LogP) is 2.12. The lowest BCUT2D eigenvalue weighted by molar-refractivity contribution is 0.427. The van der Waals surface area contributed by atoms with Crippen LogP contribution in [0.2, 0.25) is 5.15 Å². The van der Waals surface area contributed by atoms with Crippen molar-refractivity contribution in [2.45, 2.75) is 26.7 Å². The van der Waals surface area contributed by atoms with Gasteiger partial charge >= 0.3 is 0 Å². The molecule has 0 atom stereocenters. The molecule has 1 aromatic heterocycles. The number of hydrogen-bond donors (Lipinski definition) is 2. The summed E-state index contributed by atoms with van der Waals surface area (Å²) in [5, 5.41) is 6.93. The van der Waals surface area contributed by atoms with Crippen molar-refractivity contribution in [2.75, 3.05) is 39.0 Å². The van der Waals surface area contributed by atoms with Gasteiger partial charge in [0.1, 0.15) is 5.15 Å². The molecule has 1 rings (SSSR count). The number of aliphatic imine (C=N–C) groups is 1. The van der Waals surface area contributed by atoms with Gasteiger partial charge in [-0.1, -0.05) is 24.6 Å². The Morgan fingerprint density at radius 3 is 2.58 bits per heavy atom. The second-order valence-electron chi connectivity index (χ2n) is 5.53. The third kappa shape index (κ3) is 10.5. The molecule has 1 heterocycles. The van der Waals surface area contributed by atoms with Crippen molar-refractivity contribution in [3.05, 3.63) is 29.0 Å². The molecule has 0 aliphatic heterocycles. The van der Waals surface area contributed by atoms with Gasteiger partial charge in [-0.2, -0.15) is 0 Å². The van der Waals surface area contributed by atoms with Gasteiger partial charge in [-0.3, -0.25) is 4.99 Å². The minimum atomic E-state index is -3.14. The van der Waals surface area contributed by atoms with E-state index in [4.69, 9.17) is 11.6 Å². The third-order valence-electron chi connectivity index (χ3n) is 3.50. The summed E-state index contributed by atoms with van der Waals surface area (Å²) in [5.74, 6) is 0.729. The summed E-state index contributed by atoms with van der Waals surface area (Å²) < 4.78 is 24.5. The van der Waals surface area contributed by atoms with Gasteiger partial charge in [0.05, 0.1) is 6.26 Å². The maximum atomic E-state index is 11.5. The fourth-order valence-corrected chi connectivity index (χ4v) is 3.26. The number of sulfonamides is 1. The van der Waals surface area contributed by atoms with E-state index in [-0.39, 0.29) is 24.0 Å². The molecular weight excluding hydrogens is 489 g/mol. The molecule has 0 saturated heterocycles. The highest BCUT2D eigenvalue weighted by molar-refractivity contribution is 14.0. The van der Waals surface area contributed by atoms with Gasteiger partial charge in [0, 0.05) is 38.9 Å². The van der Waals surface area contributed by atoms with E-state index in [9.17, 15) is 8.42 Å². The van der Waals surface area contributed by atoms with Gasteiger partial charge in [0.25, 0.3) is 0 Å². The largest absolute Gasteiger partial charge is 0.357 e. The van der Waals surface area contributed by atoms with E-state index in [0.29, 0.717) is 31.2 Å². The van der Waals surface area contributed by atoms with Crippen LogP contribution in [0, 0.1) is 0 Å². The van der Waals surface area contributed by atoms with Crippen molar-refractivity contribution < 1.29 is 8.42 Å². The minimum Gasteiger partial charge on any atom is -0.357 e. The van der Waals surface area contributed by atoms with Crippen LogP contribution >= 0.6 is 35.6 Å². The Morgan fingerprint density at radius 1 is 1.31 bits per heavy atom. The van der Waals surface area contributed by atoms with Crippen molar-refractivity contribution >= 4 is 51.6 Å². The Balaban J connectivity index is 0.00000625. The summed E-state index contributed by atoms with van der Waals surface area (Å²) in [6.45, 7) is 6.84. The first-order valence-corrected chi connectivity index (χ1v) is 10.7. The molecule has 0 fully saturated rings. The summed E-state index contributed by atoms with van der Waals surface area (Å²) in [4.78, 5) is 8.54. The number of nitrogens with zero attached hydrogens (tertiary/aromatic N) is 3. The summed E-state index contributed by atoms with van der Waals surface area (Å²) >= 11 is 5.77. The molecule has 0 amide bonds. The summed E-state index contributed by atoms with van der Waals surface area (Å²) in [6, 6.07) is 3.73. The van der Waals surface area contributed by atoms with Crippen molar-refractivity contribution in [3.63, 3.8) is 0 Å². The molecule has 0 unspecified atom stereocenters. The third-order valence-corrected chi connectivity index (χ3v) is 5.10. The minimum absolute atomic E-state index is 0. The van der Waals surface area contributed by atoms with Crippen LogP contribution in [-0.2, 0) is 16.4 Å². The van der Waals surface area contributed by atoms with Crippen LogP contribution in [0.5, 0.6) is 0 Å². The number of guanidine groups is 1. The second-order valence-corrected chi connectivity index (χ2v) is 7.90. The highest BCUT2D eigenvalue weighted by atomic mass is 127. The fraction of sp³-hybridized carbons (Fsp3) is 0.625. The molecule has 0 aliphatic rings. The van der Waals surface area contributed by atoms with Crippen LogP contribution < -0.4 is 10.6 Å². The zero-order valence-electron chi connectivity index (χ0n) is 15.5. The molecule has 2 N–H and O–H groups in total. The second kappa shape index (κ2) is 13.5. The zero-order valence-corrected chi connectivity index (χ0v) is 19.4. The highest BCUT2D eigenvalue weighted by Gasteiger charge is 2.12. The summed E-state index contributed by atoms with van der Waals surface area (Å²) in [6.07, 6.45) is 4.49. The Morgan fingerprint density at radius 2 is 2.04 bits per heavy atom. The van der Waals surface area contributed by atoms with E-state index >= 15 is 0 Å². The SMILES string of the molecule is CCNC(=NCCCN(CC)S(C)(=O)=O)NCCc1ccc(Cl)nc1.I. The van der Waals surface area contributed by atoms with Crippen molar-refractivity contribution in [3.8, 4) is 0 Å². The Labute approximate surface area is 179 Å². The molecule has 0 aromatic carbocycles. The molecule has 0 aliphatic carbocycles. The highest BCUT2D eigenvalue weighted by Crippen LogP contribution is 2.05. The molecule has 0 radical (unpaired) electrons. The average molecular weight is 518 g/mol. The lowest BCUT2D eigenvalue weighted by atomic mass is 10.2. The number of rotatable bonds is 10. The van der Waals surface area contributed by atoms with Gasteiger partial charge in [0.15, 0.2) is 5.96 Å². The summed E-state index contributed by atoms with van der Waals surface area (Å²) in [7, 11) is -3.14. The first-order valence-electron chi connectivity index (χ1n) is 8.44.